The molecule has 0 saturated carbocycles. The Morgan fingerprint density at radius 1 is 1.26 bits per heavy atom. The van der Waals surface area contributed by atoms with Gasteiger partial charge in [0.15, 0.2) is 6.29 Å². The second kappa shape index (κ2) is 9.06. The smallest absolute Gasteiger partial charge is 0.307 e. The van der Waals surface area contributed by atoms with E-state index in [1.54, 1.807) is 12.3 Å². The Morgan fingerprint density at radius 2 is 2.12 bits per heavy atom. The molecule has 1 N–H and O–H groups in total. The number of hydrogen-bond donors (Lipinski definition) is 1. The third-order valence-electron chi connectivity index (χ3n) is 5.72. The fraction of sp³-hybridized carbons (Fsp3) is 0.250. The highest BCUT2D eigenvalue weighted by atomic mass is 19.1. The number of nitro groups is 1. The molecule has 1 aliphatic rings. The van der Waals surface area contributed by atoms with Crippen molar-refractivity contribution in [2.75, 3.05) is 11.9 Å². The van der Waals surface area contributed by atoms with Gasteiger partial charge in [0.2, 0.25) is 11.8 Å². The summed E-state index contributed by atoms with van der Waals surface area (Å²) in [4.78, 5) is 19.4. The van der Waals surface area contributed by atoms with E-state index < -0.39 is 22.7 Å². The van der Waals surface area contributed by atoms with E-state index in [4.69, 9.17) is 9.47 Å². The van der Waals surface area contributed by atoms with Gasteiger partial charge < -0.3 is 19.4 Å². The van der Waals surface area contributed by atoms with E-state index in [1.807, 2.05) is 42.1 Å². The number of rotatable bonds is 6. The number of nitro benzene ring substituents is 1. The summed E-state index contributed by atoms with van der Waals surface area (Å²) in [5, 5.41) is 15.3. The summed E-state index contributed by atoms with van der Waals surface area (Å²) < 4.78 is 27.8. The number of aryl methyl sites for hydroxylation is 1. The summed E-state index contributed by atoms with van der Waals surface area (Å²) in [6.45, 7) is 0.541. The number of nitrogens with one attached hydrogen (secondary N) is 1. The van der Waals surface area contributed by atoms with Crippen LogP contribution in [-0.4, -0.2) is 32.4 Å². The van der Waals surface area contributed by atoms with Crippen molar-refractivity contribution in [3.05, 3.63) is 70.8 Å². The predicted octanol–water partition coefficient (Wildman–Crippen LogP) is 5.33. The Hall–Kier alpha value is -4.05. The van der Waals surface area contributed by atoms with Gasteiger partial charge in [0.25, 0.3) is 0 Å². The number of hydrogen-bond acceptors (Lipinski definition) is 7. The molecule has 1 aliphatic heterocycles. The molecule has 174 valence electrons. The Kier molecular flexibility index (Phi) is 5.81. The lowest BCUT2D eigenvalue weighted by Gasteiger charge is -2.24. The van der Waals surface area contributed by atoms with E-state index in [0.29, 0.717) is 18.7 Å². The molecule has 0 radical (unpaired) electrons. The number of halogens is 1. The lowest BCUT2D eigenvalue weighted by atomic mass is 10.1. The van der Waals surface area contributed by atoms with Gasteiger partial charge >= 0.3 is 5.69 Å². The second-order valence-electron chi connectivity index (χ2n) is 8.03. The van der Waals surface area contributed by atoms with Gasteiger partial charge in [-0.05, 0) is 25.0 Å². The Balaban J connectivity index is 1.51. The SMILES string of the molecule is Cn1cc(-c2ccnc(Nc3cc([N+](=O)[O-])c(F)cc3OC3CCCCO3)n2)c2ccccc21. The zero-order chi connectivity index (χ0) is 23.7. The quantitative estimate of drug-likeness (QED) is 0.304. The van der Waals surface area contributed by atoms with Crippen molar-refractivity contribution >= 4 is 28.2 Å². The molecule has 0 amide bonds. The molecule has 4 aromatic rings. The molecule has 34 heavy (non-hydrogen) atoms. The van der Waals surface area contributed by atoms with Crippen molar-refractivity contribution in [1.29, 1.82) is 0 Å². The molecule has 5 rings (SSSR count). The van der Waals surface area contributed by atoms with Crippen LogP contribution in [0.15, 0.2) is 54.9 Å². The minimum atomic E-state index is -0.994. The molecule has 0 aliphatic carbocycles. The van der Waals surface area contributed by atoms with Crippen molar-refractivity contribution in [3.8, 4) is 17.0 Å². The number of benzene rings is 2. The van der Waals surface area contributed by atoms with E-state index in [2.05, 4.69) is 15.3 Å². The topological polar surface area (TPSA) is 104 Å². The Labute approximate surface area is 194 Å². The minimum absolute atomic E-state index is 0.0918. The zero-order valence-corrected chi connectivity index (χ0v) is 18.4. The fourth-order valence-electron chi connectivity index (χ4n) is 4.06. The van der Waals surface area contributed by atoms with E-state index in [1.165, 1.54) is 0 Å². The monoisotopic (exact) mass is 463 g/mol. The number of ether oxygens (including phenoxy) is 2. The molecule has 2 aromatic heterocycles. The van der Waals surface area contributed by atoms with Crippen LogP contribution in [-0.2, 0) is 11.8 Å². The van der Waals surface area contributed by atoms with Crippen molar-refractivity contribution in [2.45, 2.75) is 25.6 Å². The number of para-hydroxylation sites is 1. The van der Waals surface area contributed by atoms with Crippen molar-refractivity contribution in [2.24, 2.45) is 7.05 Å². The number of aromatic nitrogens is 3. The summed E-state index contributed by atoms with van der Waals surface area (Å²) in [6.07, 6.45) is 5.50. The first-order valence-electron chi connectivity index (χ1n) is 10.9. The van der Waals surface area contributed by atoms with Crippen molar-refractivity contribution < 1.29 is 18.8 Å². The summed E-state index contributed by atoms with van der Waals surface area (Å²) in [7, 11) is 1.96. The molecule has 9 nitrogen and oxygen atoms in total. The molecule has 1 fully saturated rings. The highest BCUT2D eigenvalue weighted by Crippen LogP contribution is 2.36. The molecule has 1 atom stereocenters. The molecule has 3 heterocycles. The highest BCUT2D eigenvalue weighted by molar-refractivity contribution is 5.95. The predicted molar refractivity (Wildman–Crippen MR) is 125 cm³/mol. The Morgan fingerprint density at radius 3 is 2.91 bits per heavy atom. The van der Waals surface area contributed by atoms with E-state index in [9.17, 15) is 14.5 Å². The second-order valence-corrected chi connectivity index (χ2v) is 8.03. The number of fused-ring (bicyclic) bond motifs is 1. The molecule has 0 spiro atoms. The number of nitrogens with zero attached hydrogens (tertiary/aromatic N) is 4. The van der Waals surface area contributed by atoms with Crippen LogP contribution >= 0.6 is 0 Å². The molecule has 0 bridgehead atoms. The van der Waals surface area contributed by atoms with Crippen LogP contribution in [0.4, 0.5) is 21.7 Å². The van der Waals surface area contributed by atoms with Gasteiger partial charge in [-0.15, -0.1) is 0 Å². The Bertz CT molecular complexity index is 1370. The zero-order valence-electron chi connectivity index (χ0n) is 18.4. The lowest BCUT2D eigenvalue weighted by Crippen LogP contribution is -2.25. The van der Waals surface area contributed by atoms with Gasteiger partial charge in [-0.3, -0.25) is 10.1 Å². The highest BCUT2D eigenvalue weighted by Gasteiger charge is 2.23. The minimum Gasteiger partial charge on any atom is -0.463 e. The third kappa shape index (κ3) is 4.27. The van der Waals surface area contributed by atoms with Crippen LogP contribution in [0.3, 0.4) is 0 Å². The largest absolute Gasteiger partial charge is 0.463 e. The first-order chi connectivity index (χ1) is 16.5. The summed E-state index contributed by atoms with van der Waals surface area (Å²) in [6, 6.07) is 11.8. The molecular formula is C24H22FN5O4. The molecule has 10 heteroatoms. The van der Waals surface area contributed by atoms with E-state index >= 15 is 0 Å². The van der Waals surface area contributed by atoms with Gasteiger partial charge in [0, 0.05) is 54.5 Å². The summed E-state index contributed by atoms with van der Waals surface area (Å²) in [5.41, 5.74) is 2.15. The average Bonchev–Trinajstić information content (AvgIpc) is 3.18. The molecule has 2 aromatic carbocycles. The van der Waals surface area contributed by atoms with Crippen LogP contribution in [0.2, 0.25) is 0 Å². The first-order valence-corrected chi connectivity index (χ1v) is 10.9. The average molecular weight is 463 g/mol. The third-order valence-corrected chi connectivity index (χ3v) is 5.72. The number of anilines is 2. The maximum absolute atomic E-state index is 14.4. The van der Waals surface area contributed by atoms with E-state index in [-0.39, 0.29) is 17.4 Å². The summed E-state index contributed by atoms with van der Waals surface area (Å²) >= 11 is 0. The van der Waals surface area contributed by atoms with Gasteiger partial charge in [0.05, 0.1) is 22.9 Å². The maximum Gasteiger partial charge on any atom is 0.307 e. The van der Waals surface area contributed by atoms with Gasteiger partial charge in [0.1, 0.15) is 5.75 Å². The van der Waals surface area contributed by atoms with Crippen LogP contribution in [0.25, 0.3) is 22.2 Å². The summed E-state index contributed by atoms with van der Waals surface area (Å²) in [5.74, 6) is -0.707. The van der Waals surface area contributed by atoms with Gasteiger partial charge in [-0.1, -0.05) is 18.2 Å². The first kappa shape index (κ1) is 21.8. The van der Waals surface area contributed by atoms with E-state index in [0.717, 1.165) is 41.4 Å². The molecular weight excluding hydrogens is 441 g/mol. The maximum atomic E-state index is 14.4. The lowest BCUT2D eigenvalue weighted by molar-refractivity contribution is -0.387. The van der Waals surface area contributed by atoms with Gasteiger partial charge in [-0.2, -0.15) is 4.39 Å². The van der Waals surface area contributed by atoms with Crippen molar-refractivity contribution in [1.82, 2.24) is 14.5 Å². The van der Waals surface area contributed by atoms with Crippen LogP contribution in [0, 0.1) is 15.9 Å². The van der Waals surface area contributed by atoms with Crippen LogP contribution < -0.4 is 10.1 Å². The van der Waals surface area contributed by atoms with Crippen LogP contribution in [0.5, 0.6) is 5.75 Å². The van der Waals surface area contributed by atoms with Crippen molar-refractivity contribution in [3.63, 3.8) is 0 Å². The normalized spacial score (nSPS) is 15.9. The molecule has 1 unspecified atom stereocenters. The van der Waals surface area contributed by atoms with Crippen LogP contribution in [0.1, 0.15) is 19.3 Å². The fourth-order valence-corrected chi connectivity index (χ4v) is 4.06. The van der Waals surface area contributed by atoms with Gasteiger partial charge in [-0.25, -0.2) is 9.97 Å². The standard InChI is InChI=1S/C24H22FN5O4/c1-29-14-16(15-6-2-3-7-20(15)29)18-9-10-26-24(27-18)28-19-13-21(30(31)32)17(25)12-22(19)34-23-8-4-5-11-33-23/h2-3,6-7,9-10,12-14,23H,4-5,8,11H2,1H3,(H,26,27,28). The molecule has 1 saturated heterocycles.